The molecule has 1 saturated carbocycles. The van der Waals surface area contributed by atoms with Crippen molar-refractivity contribution in [1.29, 1.82) is 0 Å². The number of nitrogens with zero attached hydrogens (tertiary/aromatic N) is 2. The first-order valence-electron chi connectivity index (χ1n) is 7.96. The maximum absolute atomic E-state index is 12.6. The zero-order valence-electron chi connectivity index (χ0n) is 13.6. The lowest BCUT2D eigenvalue weighted by molar-refractivity contribution is 0.0773. The van der Waals surface area contributed by atoms with E-state index in [0.717, 1.165) is 23.6 Å². The first-order valence-corrected chi connectivity index (χ1v) is 7.96. The highest BCUT2D eigenvalue weighted by Crippen LogP contribution is 2.26. The van der Waals surface area contributed by atoms with Crippen molar-refractivity contribution < 1.29 is 4.79 Å². The van der Waals surface area contributed by atoms with Crippen molar-refractivity contribution in [2.24, 2.45) is 5.92 Å². The lowest BCUT2D eigenvalue weighted by atomic mass is 10.1. The van der Waals surface area contributed by atoms with Crippen LogP contribution in [-0.2, 0) is 0 Å². The summed E-state index contributed by atoms with van der Waals surface area (Å²) in [6, 6.07) is 3.78. The zero-order valence-corrected chi connectivity index (χ0v) is 13.6. The van der Waals surface area contributed by atoms with Gasteiger partial charge in [-0.1, -0.05) is 26.7 Å². The molecule has 4 nitrogen and oxygen atoms in total. The van der Waals surface area contributed by atoms with Crippen LogP contribution in [0.4, 0.5) is 5.82 Å². The molecule has 0 bridgehead atoms. The number of nitrogens with one attached hydrogen (secondary N) is 1. The molecule has 0 radical (unpaired) electrons. The van der Waals surface area contributed by atoms with Gasteiger partial charge in [-0.3, -0.25) is 4.79 Å². The Balaban J connectivity index is 2.14. The van der Waals surface area contributed by atoms with Crippen LogP contribution in [0, 0.1) is 5.92 Å². The number of carbonyl (C=O) groups is 1. The fourth-order valence-corrected chi connectivity index (χ4v) is 2.98. The van der Waals surface area contributed by atoms with Gasteiger partial charge in [-0.25, -0.2) is 4.98 Å². The van der Waals surface area contributed by atoms with Gasteiger partial charge in [0.1, 0.15) is 5.82 Å². The molecular formula is C17H27N3O. The maximum atomic E-state index is 12.6. The Morgan fingerprint density at radius 2 is 2.05 bits per heavy atom. The molecule has 1 amide bonds. The zero-order chi connectivity index (χ0) is 15.4. The predicted octanol–water partition coefficient (Wildman–Crippen LogP) is 3.51. The number of amides is 1. The van der Waals surface area contributed by atoms with Gasteiger partial charge in [0, 0.05) is 31.9 Å². The van der Waals surface area contributed by atoms with Crippen LogP contribution in [0.2, 0.25) is 0 Å². The quantitative estimate of drug-likeness (QED) is 0.902. The van der Waals surface area contributed by atoms with E-state index in [4.69, 9.17) is 0 Å². The molecule has 21 heavy (non-hydrogen) atoms. The van der Waals surface area contributed by atoms with Gasteiger partial charge in [0.15, 0.2) is 0 Å². The largest absolute Gasteiger partial charge is 0.373 e. The fraction of sp³-hybridized carbons (Fsp3) is 0.647. The van der Waals surface area contributed by atoms with Crippen LogP contribution in [0.5, 0.6) is 0 Å². The van der Waals surface area contributed by atoms with E-state index >= 15 is 0 Å². The van der Waals surface area contributed by atoms with Crippen LogP contribution in [0.1, 0.15) is 61.5 Å². The van der Waals surface area contributed by atoms with Crippen molar-refractivity contribution >= 4 is 11.7 Å². The van der Waals surface area contributed by atoms with Crippen LogP contribution < -0.4 is 5.32 Å². The SMILES string of the molecule is CNc1cc(C(=O)N(C)CC2CCCC2)cc(C(C)C)n1. The van der Waals surface area contributed by atoms with Gasteiger partial charge < -0.3 is 10.2 Å². The molecular weight excluding hydrogens is 262 g/mol. The number of rotatable bonds is 5. The summed E-state index contributed by atoms with van der Waals surface area (Å²) in [6.45, 7) is 5.06. The van der Waals surface area contributed by atoms with Crippen LogP contribution in [-0.4, -0.2) is 36.4 Å². The van der Waals surface area contributed by atoms with Gasteiger partial charge in [-0.15, -0.1) is 0 Å². The third-order valence-corrected chi connectivity index (χ3v) is 4.29. The summed E-state index contributed by atoms with van der Waals surface area (Å²) in [5, 5.41) is 3.05. The van der Waals surface area contributed by atoms with Crippen molar-refractivity contribution in [3.63, 3.8) is 0 Å². The number of anilines is 1. The van der Waals surface area contributed by atoms with E-state index in [1.165, 1.54) is 25.7 Å². The average molecular weight is 289 g/mol. The molecule has 0 atom stereocenters. The Morgan fingerprint density at radius 1 is 1.38 bits per heavy atom. The highest BCUT2D eigenvalue weighted by atomic mass is 16.2. The third-order valence-electron chi connectivity index (χ3n) is 4.29. The maximum Gasteiger partial charge on any atom is 0.253 e. The Kier molecular flexibility index (Phi) is 5.21. The number of aromatic nitrogens is 1. The average Bonchev–Trinajstić information content (AvgIpc) is 2.98. The molecule has 1 aromatic heterocycles. The lowest BCUT2D eigenvalue weighted by Gasteiger charge is -2.22. The monoisotopic (exact) mass is 289 g/mol. The van der Waals surface area contributed by atoms with Crippen LogP contribution in [0.3, 0.4) is 0 Å². The van der Waals surface area contributed by atoms with Crippen LogP contribution >= 0.6 is 0 Å². The second-order valence-electron chi connectivity index (χ2n) is 6.41. The molecule has 1 heterocycles. The fourth-order valence-electron chi connectivity index (χ4n) is 2.98. The summed E-state index contributed by atoms with van der Waals surface area (Å²) in [4.78, 5) is 19.0. The number of hydrogen-bond acceptors (Lipinski definition) is 3. The van der Waals surface area contributed by atoms with Gasteiger partial charge >= 0.3 is 0 Å². The minimum atomic E-state index is 0.0997. The van der Waals surface area contributed by atoms with Gasteiger partial charge in [0.05, 0.1) is 0 Å². The summed E-state index contributed by atoms with van der Waals surface area (Å²) in [5.41, 5.74) is 1.69. The molecule has 1 aliphatic rings. The van der Waals surface area contributed by atoms with Crippen LogP contribution in [0.25, 0.3) is 0 Å². The molecule has 1 aromatic rings. The molecule has 1 N–H and O–H groups in total. The second-order valence-corrected chi connectivity index (χ2v) is 6.41. The van der Waals surface area contributed by atoms with E-state index in [9.17, 15) is 4.79 Å². The Bertz CT molecular complexity index is 493. The van der Waals surface area contributed by atoms with E-state index in [-0.39, 0.29) is 5.91 Å². The van der Waals surface area contributed by atoms with Crippen LogP contribution in [0.15, 0.2) is 12.1 Å². The van der Waals surface area contributed by atoms with Gasteiger partial charge in [-0.05, 0) is 36.8 Å². The second kappa shape index (κ2) is 6.92. The summed E-state index contributed by atoms with van der Waals surface area (Å²) in [5.74, 6) is 1.85. The summed E-state index contributed by atoms with van der Waals surface area (Å²) in [6.07, 6.45) is 5.13. The molecule has 0 aromatic carbocycles. The predicted molar refractivity (Wildman–Crippen MR) is 86.8 cm³/mol. The molecule has 0 saturated heterocycles. The van der Waals surface area contributed by atoms with E-state index in [1.807, 2.05) is 31.1 Å². The molecule has 0 unspecified atom stereocenters. The van der Waals surface area contributed by atoms with Crippen molar-refractivity contribution in [2.45, 2.75) is 45.4 Å². The Hall–Kier alpha value is -1.58. The number of pyridine rings is 1. The standard InChI is InChI=1S/C17H27N3O/c1-12(2)15-9-14(10-16(18-3)19-15)17(21)20(4)11-13-7-5-6-8-13/h9-10,12-13H,5-8,11H2,1-4H3,(H,18,19). The Morgan fingerprint density at radius 3 is 2.62 bits per heavy atom. The highest BCUT2D eigenvalue weighted by molar-refractivity contribution is 5.94. The molecule has 116 valence electrons. The van der Waals surface area contributed by atoms with E-state index in [0.29, 0.717) is 11.8 Å². The minimum Gasteiger partial charge on any atom is -0.373 e. The topological polar surface area (TPSA) is 45.2 Å². The molecule has 2 rings (SSSR count). The molecule has 1 fully saturated rings. The minimum absolute atomic E-state index is 0.0997. The number of hydrogen-bond donors (Lipinski definition) is 1. The van der Waals surface area contributed by atoms with E-state index in [1.54, 1.807) is 0 Å². The third kappa shape index (κ3) is 3.96. The van der Waals surface area contributed by atoms with E-state index in [2.05, 4.69) is 24.1 Å². The summed E-state index contributed by atoms with van der Waals surface area (Å²) >= 11 is 0. The first kappa shape index (κ1) is 15.8. The van der Waals surface area contributed by atoms with Crippen molar-refractivity contribution in [1.82, 2.24) is 9.88 Å². The van der Waals surface area contributed by atoms with Gasteiger partial charge in [0.25, 0.3) is 5.91 Å². The van der Waals surface area contributed by atoms with E-state index < -0.39 is 0 Å². The summed E-state index contributed by atoms with van der Waals surface area (Å²) in [7, 11) is 3.75. The number of carbonyl (C=O) groups excluding carboxylic acids is 1. The van der Waals surface area contributed by atoms with Crippen molar-refractivity contribution in [2.75, 3.05) is 26.0 Å². The van der Waals surface area contributed by atoms with Crippen molar-refractivity contribution in [3.8, 4) is 0 Å². The van der Waals surface area contributed by atoms with Crippen molar-refractivity contribution in [3.05, 3.63) is 23.4 Å². The molecule has 0 spiro atoms. The lowest BCUT2D eigenvalue weighted by Crippen LogP contribution is -2.31. The molecule has 4 heteroatoms. The Labute approximate surface area is 127 Å². The first-order chi connectivity index (χ1) is 10.0. The molecule has 0 aliphatic heterocycles. The smallest absolute Gasteiger partial charge is 0.253 e. The summed E-state index contributed by atoms with van der Waals surface area (Å²) < 4.78 is 0. The van der Waals surface area contributed by atoms with Gasteiger partial charge in [-0.2, -0.15) is 0 Å². The van der Waals surface area contributed by atoms with Gasteiger partial charge in [0.2, 0.25) is 0 Å². The highest BCUT2D eigenvalue weighted by Gasteiger charge is 2.21. The normalized spacial score (nSPS) is 15.5. The molecule has 1 aliphatic carbocycles.